The maximum atomic E-state index is 9.08. The van der Waals surface area contributed by atoms with Crippen LogP contribution in [0.15, 0.2) is 30.3 Å². The third-order valence-electron chi connectivity index (χ3n) is 4.24. The van der Waals surface area contributed by atoms with E-state index in [1.807, 2.05) is 48.9 Å². The molecule has 25 heavy (non-hydrogen) atoms. The van der Waals surface area contributed by atoms with E-state index in [4.69, 9.17) is 10.00 Å². The number of ether oxygens (including phenoxy) is 1. The van der Waals surface area contributed by atoms with E-state index in [0.29, 0.717) is 24.6 Å². The monoisotopic (exact) mass is 336 g/mol. The van der Waals surface area contributed by atoms with Gasteiger partial charge in [0, 0.05) is 24.8 Å². The van der Waals surface area contributed by atoms with Gasteiger partial charge in [-0.2, -0.15) is 10.4 Å². The number of nitrogens with one attached hydrogen (secondary N) is 2. The van der Waals surface area contributed by atoms with Crippen molar-refractivity contribution >= 4 is 0 Å². The topological polar surface area (TPSA) is 91.5 Å². The molecule has 0 atom stereocenters. The van der Waals surface area contributed by atoms with E-state index >= 15 is 0 Å². The highest BCUT2D eigenvalue weighted by Gasteiger charge is 2.09. The molecule has 7 heteroatoms. The fourth-order valence-corrected chi connectivity index (χ4v) is 2.61. The highest BCUT2D eigenvalue weighted by molar-refractivity contribution is 5.55. The molecule has 0 saturated heterocycles. The van der Waals surface area contributed by atoms with Gasteiger partial charge in [0.2, 0.25) is 0 Å². The molecular weight excluding hydrogens is 316 g/mol. The minimum absolute atomic E-state index is 0.569. The molecule has 0 saturated carbocycles. The molecule has 0 unspecified atom stereocenters. The van der Waals surface area contributed by atoms with Crippen molar-refractivity contribution in [3.05, 3.63) is 53.1 Å². The van der Waals surface area contributed by atoms with Gasteiger partial charge in [0.1, 0.15) is 23.3 Å². The summed E-state index contributed by atoms with van der Waals surface area (Å²) in [6, 6.07) is 11.7. The molecular formula is C18H20N6O. The van der Waals surface area contributed by atoms with Crippen molar-refractivity contribution in [3.63, 3.8) is 0 Å². The largest absolute Gasteiger partial charge is 0.497 e. The van der Waals surface area contributed by atoms with Crippen molar-refractivity contribution in [1.29, 1.82) is 5.26 Å². The number of methoxy groups -OCH3 is 1. The molecule has 0 aliphatic heterocycles. The lowest BCUT2D eigenvalue weighted by atomic mass is 10.2. The third kappa shape index (κ3) is 3.54. The van der Waals surface area contributed by atoms with Crippen LogP contribution < -0.4 is 10.1 Å². The maximum absolute atomic E-state index is 9.08. The zero-order valence-electron chi connectivity index (χ0n) is 14.5. The first-order valence-electron chi connectivity index (χ1n) is 7.94. The summed E-state index contributed by atoms with van der Waals surface area (Å²) >= 11 is 0. The molecule has 0 amide bonds. The number of hydrogen-bond donors (Lipinski definition) is 2. The molecule has 3 aromatic rings. The minimum Gasteiger partial charge on any atom is -0.497 e. The smallest absolute Gasteiger partial charge is 0.181 e. The van der Waals surface area contributed by atoms with Crippen LogP contribution in [-0.2, 0) is 20.1 Å². The molecule has 0 bridgehead atoms. The molecule has 7 nitrogen and oxygen atoms in total. The quantitative estimate of drug-likeness (QED) is 0.720. The van der Waals surface area contributed by atoms with Gasteiger partial charge in [-0.1, -0.05) is 0 Å². The summed E-state index contributed by atoms with van der Waals surface area (Å²) in [6.07, 6.45) is 0. The lowest BCUT2D eigenvalue weighted by Crippen LogP contribution is -2.14. The van der Waals surface area contributed by atoms with E-state index in [-0.39, 0.29) is 0 Å². The van der Waals surface area contributed by atoms with Gasteiger partial charge in [0.05, 0.1) is 13.7 Å². The highest BCUT2D eigenvalue weighted by atomic mass is 16.5. The number of aromatic nitrogens is 4. The Labute approximate surface area is 146 Å². The number of H-pyrrole nitrogens is 1. The van der Waals surface area contributed by atoms with Crippen LogP contribution in [0.2, 0.25) is 0 Å². The Bertz CT molecular complexity index is 901. The Hall–Kier alpha value is -3.11. The fourth-order valence-electron chi connectivity index (χ4n) is 2.61. The Morgan fingerprint density at radius 1 is 1.28 bits per heavy atom. The lowest BCUT2D eigenvalue weighted by molar-refractivity contribution is 0.415. The molecule has 0 radical (unpaired) electrons. The molecule has 0 aliphatic rings. The predicted octanol–water partition coefficient (Wildman–Crippen LogP) is 2.29. The molecule has 0 aliphatic carbocycles. The summed E-state index contributed by atoms with van der Waals surface area (Å²) in [7, 11) is 3.54. The number of rotatable bonds is 6. The van der Waals surface area contributed by atoms with Crippen molar-refractivity contribution in [1.82, 2.24) is 25.1 Å². The average Bonchev–Trinajstić information content (AvgIpc) is 3.22. The van der Waals surface area contributed by atoms with Crippen LogP contribution in [0, 0.1) is 18.3 Å². The number of nitrogens with zero attached hydrogens (tertiary/aromatic N) is 4. The van der Waals surface area contributed by atoms with Crippen LogP contribution >= 0.6 is 0 Å². The maximum Gasteiger partial charge on any atom is 0.181 e. The SMILES string of the molecule is COc1ccc(-c2n[nH]c(CNCc3cc(C#N)n(C)c3C)n2)cc1. The summed E-state index contributed by atoms with van der Waals surface area (Å²) in [5.41, 5.74) is 3.78. The average molecular weight is 336 g/mol. The molecule has 0 fully saturated rings. The van der Waals surface area contributed by atoms with Crippen molar-refractivity contribution in [2.75, 3.05) is 7.11 Å². The first-order valence-corrected chi connectivity index (χ1v) is 7.94. The summed E-state index contributed by atoms with van der Waals surface area (Å²) in [4.78, 5) is 4.50. The molecule has 1 aromatic carbocycles. The van der Waals surface area contributed by atoms with Gasteiger partial charge in [0.15, 0.2) is 5.82 Å². The number of nitriles is 1. The van der Waals surface area contributed by atoms with E-state index in [9.17, 15) is 0 Å². The first kappa shape index (κ1) is 16.7. The van der Waals surface area contributed by atoms with Crippen LogP contribution in [0.5, 0.6) is 5.75 Å². The highest BCUT2D eigenvalue weighted by Crippen LogP contribution is 2.19. The van der Waals surface area contributed by atoms with Gasteiger partial charge in [0.25, 0.3) is 0 Å². The van der Waals surface area contributed by atoms with Gasteiger partial charge < -0.3 is 14.6 Å². The van der Waals surface area contributed by atoms with E-state index in [1.165, 1.54) is 0 Å². The summed E-state index contributed by atoms with van der Waals surface area (Å²) in [5.74, 6) is 2.22. The van der Waals surface area contributed by atoms with Gasteiger partial charge in [-0.25, -0.2) is 4.98 Å². The number of benzene rings is 1. The van der Waals surface area contributed by atoms with E-state index in [0.717, 1.165) is 28.4 Å². The Morgan fingerprint density at radius 3 is 2.68 bits per heavy atom. The summed E-state index contributed by atoms with van der Waals surface area (Å²) < 4.78 is 7.05. The zero-order chi connectivity index (χ0) is 17.8. The number of hydrogen-bond acceptors (Lipinski definition) is 5. The van der Waals surface area contributed by atoms with Crippen LogP contribution in [0.4, 0.5) is 0 Å². The third-order valence-corrected chi connectivity index (χ3v) is 4.24. The molecule has 2 N–H and O–H groups in total. The number of aromatic amines is 1. The first-order chi connectivity index (χ1) is 12.1. The van der Waals surface area contributed by atoms with E-state index in [1.54, 1.807) is 7.11 Å². The zero-order valence-corrected chi connectivity index (χ0v) is 14.5. The second-order valence-electron chi connectivity index (χ2n) is 5.75. The second-order valence-corrected chi connectivity index (χ2v) is 5.75. The lowest BCUT2D eigenvalue weighted by Gasteiger charge is -2.03. The van der Waals surface area contributed by atoms with Gasteiger partial charge >= 0.3 is 0 Å². The minimum atomic E-state index is 0.569. The molecule has 0 spiro atoms. The fraction of sp³-hybridized carbons (Fsp3) is 0.278. The van der Waals surface area contributed by atoms with Gasteiger partial charge in [-0.05, 0) is 42.8 Å². The van der Waals surface area contributed by atoms with E-state index in [2.05, 4.69) is 26.6 Å². The Kier molecular flexibility index (Phi) is 4.82. The van der Waals surface area contributed by atoms with Crippen LogP contribution in [0.25, 0.3) is 11.4 Å². The Balaban J connectivity index is 1.61. The summed E-state index contributed by atoms with van der Waals surface area (Å²) in [6.45, 7) is 3.24. The van der Waals surface area contributed by atoms with Crippen molar-refractivity contribution in [2.45, 2.75) is 20.0 Å². The van der Waals surface area contributed by atoms with Crippen molar-refractivity contribution in [3.8, 4) is 23.2 Å². The van der Waals surface area contributed by atoms with Gasteiger partial charge in [-0.15, -0.1) is 0 Å². The normalized spacial score (nSPS) is 10.6. The van der Waals surface area contributed by atoms with Gasteiger partial charge in [-0.3, -0.25) is 5.10 Å². The second kappa shape index (κ2) is 7.20. The molecule has 2 heterocycles. The Morgan fingerprint density at radius 2 is 2.04 bits per heavy atom. The van der Waals surface area contributed by atoms with Crippen LogP contribution in [0.3, 0.4) is 0 Å². The van der Waals surface area contributed by atoms with Crippen molar-refractivity contribution < 1.29 is 4.74 Å². The standard InChI is InChI=1S/C18H20N6O/c1-12-14(8-15(9-19)24(12)2)10-20-11-17-21-18(23-22-17)13-4-6-16(25-3)7-5-13/h4-8,20H,10-11H2,1-3H3,(H,21,22,23). The van der Waals surface area contributed by atoms with Crippen LogP contribution in [-0.4, -0.2) is 26.9 Å². The van der Waals surface area contributed by atoms with E-state index < -0.39 is 0 Å². The molecule has 2 aromatic heterocycles. The summed E-state index contributed by atoms with van der Waals surface area (Å²) in [5, 5.41) is 19.6. The molecule has 3 rings (SSSR count). The van der Waals surface area contributed by atoms with Crippen molar-refractivity contribution in [2.24, 2.45) is 7.05 Å². The van der Waals surface area contributed by atoms with Crippen LogP contribution in [0.1, 0.15) is 22.8 Å². The predicted molar refractivity (Wildman–Crippen MR) is 93.8 cm³/mol. The molecule has 128 valence electrons.